The molecule has 1 unspecified atom stereocenters. The average Bonchev–Trinajstić information content (AvgIpc) is 2.42. The predicted octanol–water partition coefficient (Wildman–Crippen LogP) is 4.57. The Kier molecular flexibility index (Phi) is 8.15. The molecule has 2 heteroatoms. The Morgan fingerprint density at radius 1 is 1.37 bits per heavy atom. The highest BCUT2D eigenvalue weighted by atomic mass is 14.9. The Labute approximate surface area is 118 Å². The minimum atomic E-state index is 0.477. The molecule has 0 amide bonds. The molecule has 0 aliphatic heterocycles. The van der Waals surface area contributed by atoms with Crippen LogP contribution in [-0.2, 0) is 0 Å². The van der Waals surface area contributed by atoms with Crippen molar-refractivity contribution in [2.24, 2.45) is 0 Å². The van der Waals surface area contributed by atoms with Gasteiger partial charge >= 0.3 is 0 Å². The second-order valence-corrected chi connectivity index (χ2v) is 5.16. The Bertz CT molecular complexity index is 360. The lowest BCUT2D eigenvalue weighted by Crippen LogP contribution is -2.22. The van der Waals surface area contributed by atoms with E-state index in [1.807, 2.05) is 12.3 Å². The molecule has 1 aromatic rings. The van der Waals surface area contributed by atoms with E-state index in [4.69, 9.17) is 0 Å². The SMILES string of the molecule is C=CCCCCCC(NCCC)c1ccnc(C)c1. The zero-order chi connectivity index (χ0) is 13.9. The number of aryl methyl sites for hydroxylation is 1. The molecule has 0 aliphatic carbocycles. The van der Waals surface area contributed by atoms with Crippen LogP contribution in [0.25, 0.3) is 0 Å². The van der Waals surface area contributed by atoms with Crippen molar-refractivity contribution in [3.63, 3.8) is 0 Å². The van der Waals surface area contributed by atoms with E-state index >= 15 is 0 Å². The van der Waals surface area contributed by atoms with E-state index in [9.17, 15) is 0 Å². The van der Waals surface area contributed by atoms with Crippen molar-refractivity contribution >= 4 is 0 Å². The fraction of sp³-hybridized carbons (Fsp3) is 0.588. The summed E-state index contributed by atoms with van der Waals surface area (Å²) in [6, 6.07) is 4.83. The summed E-state index contributed by atoms with van der Waals surface area (Å²) < 4.78 is 0. The maximum atomic E-state index is 4.28. The monoisotopic (exact) mass is 260 g/mol. The Morgan fingerprint density at radius 2 is 2.21 bits per heavy atom. The summed E-state index contributed by atoms with van der Waals surface area (Å²) in [7, 11) is 0. The van der Waals surface area contributed by atoms with Gasteiger partial charge in [0.2, 0.25) is 0 Å². The van der Waals surface area contributed by atoms with Crippen LogP contribution in [-0.4, -0.2) is 11.5 Å². The lowest BCUT2D eigenvalue weighted by molar-refractivity contribution is 0.471. The fourth-order valence-corrected chi connectivity index (χ4v) is 2.30. The van der Waals surface area contributed by atoms with Gasteiger partial charge in [0.15, 0.2) is 0 Å². The number of aromatic nitrogens is 1. The van der Waals surface area contributed by atoms with Crippen LogP contribution in [0, 0.1) is 6.92 Å². The van der Waals surface area contributed by atoms with Crippen LogP contribution in [0.1, 0.15) is 62.7 Å². The molecular formula is C17H28N2. The van der Waals surface area contributed by atoms with Crippen molar-refractivity contribution in [1.82, 2.24) is 10.3 Å². The summed E-state index contributed by atoms with van der Waals surface area (Å²) in [6.45, 7) is 9.13. The van der Waals surface area contributed by atoms with Gasteiger partial charge in [0.25, 0.3) is 0 Å². The molecule has 0 radical (unpaired) electrons. The van der Waals surface area contributed by atoms with E-state index in [-0.39, 0.29) is 0 Å². The van der Waals surface area contributed by atoms with Crippen LogP contribution < -0.4 is 5.32 Å². The summed E-state index contributed by atoms with van der Waals surface area (Å²) >= 11 is 0. The molecule has 106 valence electrons. The number of unbranched alkanes of at least 4 members (excludes halogenated alkanes) is 3. The van der Waals surface area contributed by atoms with Gasteiger partial charge in [0.05, 0.1) is 0 Å². The molecule has 1 aromatic heterocycles. The standard InChI is InChI=1S/C17H28N2/c1-4-6-7-8-9-10-17(19-12-5-2)16-11-13-18-15(3)14-16/h4,11,13-14,17,19H,1,5-10,12H2,2-3H3. The maximum Gasteiger partial charge on any atom is 0.0375 e. The van der Waals surface area contributed by atoms with Gasteiger partial charge in [-0.2, -0.15) is 0 Å². The first-order valence-corrected chi connectivity index (χ1v) is 7.54. The van der Waals surface area contributed by atoms with E-state index in [0.717, 1.165) is 18.7 Å². The van der Waals surface area contributed by atoms with Gasteiger partial charge in [-0.05, 0) is 56.8 Å². The minimum Gasteiger partial charge on any atom is -0.310 e. The van der Waals surface area contributed by atoms with Crippen LogP contribution in [0.15, 0.2) is 31.0 Å². The van der Waals surface area contributed by atoms with Crippen molar-refractivity contribution in [2.45, 2.75) is 58.4 Å². The zero-order valence-electron chi connectivity index (χ0n) is 12.5. The third kappa shape index (κ3) is 6.53. The van der Waals surface area contributed by atoms with Gasteiger partial charge in [-0.25, -0.2) is 0 Å². The molecule has 1 rings (SSSR count). The van der Waals surface area contributed by atoms with E-state index in [1.165, 1.54) is 37.7 Å². The van der Waals surface area contributed by atoms with Crippen LogP contribution in [0.4, 0.5) is 0 Å². The molecule has 0 aromatic carbocycles. The molecule has 0 saturated heterocycles. The van der Waals surface area contributed by atoms with Crippen molar-refractivity contribution in [2.75, 3.05) is 6.54 Å². The molecule has 2 nitrogen and oxygen atoms in total. The summed E-state index contributed by atoms with van der Waals surface area (Å²) in [6.07, 6.45) is 11.3. The first kappa shape index (κ1) is 15.9. The van der Waals surface area contributed by atoms with Gasteiger partial charge in [0.1, 0.15) is 0 Å². The molecule has 0 bridgehead atoms. The number of pyridine rings is 1. The maximum absolute atomic E-state index is 4.28. The number of rotatable bonds is 10. The smallest absolute Gasteiger partial charge is 0.0375 e. The molecule has 0 aliphatic rings. The normalized spacial score (nSPS) is 12.3. The van der Waals surface area contributed by atoms with Gasteiger partial charge in [-0.3, -0.25) is 4.98 Å². The number of hydrogen-bond acceptors (Lipinski definition) is 2. The largest absolute Gasteiger partial charge is 0.310 e. The Morgan fingerprint density at radius 3 is 2.89 bits per heavy atom. The van der Waals surface area contributed by atoms with Crippen LogP contribution in [0.5, 0.6) is 0 Å². The molecule has 0 saturated carbocycles. The molecule has 1 atom stereocenters. The van der Waals surface area contributed by atoms with Gasteiger partial charge in [-0.1, -0.05) is 25.8 Å². The number of allylic oxidation sites excluding steroid dienone is 1. The molecule has 1 heterocycles. The van der Waals surface area contributed by atoms with Crippen molar-refractivity contribution in [3.8, 4) is 0 Å². The predicted molar refractivity (Wildman–Crippen MR) is 83.3 cm³/mol. The topological polar surface area (TPSA) is 24.9 Å². The van der Waals surface area contributed by atoms with Crippen LogP contribution >= 0.6 is 0 Å². The second-order valence-electron chi connectivity index (χ2n) is 5.16. The van der Waals surface area contributed by atoms with E-state index in [1.54, 1.807) is 0 Å². The zero-order valence-corrected chi connectivity index (χ0v) is 12.5. The highest BCUT2D eigenvalue weighted by molar-refractivity contribution is 5.19. The second kappa shape index (κ2) is 9.74. The molecule has 19 heavy (non-hydrogen) atoms. The summed E-state index contributed by atoms with van der Waals surface area (Å²) in [5.41, 5.74) is 2.48. The van der Waals surface area contributed by atoms with E-state index in [0.29, 0.717) is 6.04 Å². The summed E-state index contributed by atoms with van der Waals surface area (Å²) in [5.74, 6) is 0. The van der Waals surface area contributed by atoms with Crippen molar-refractivity contribution in [1.29, 1.82) is 0 Å². The minimum absolute atomic E-state index is 0.477. The molecule has 0 fully saturated rings. The van der Waals surface area contributed by atoms with Gasteiger partial charge < -0.3 is 5.32 Å². The van der Waals surface area contributed by atoms with Crippen molar-refractivity contribution in [3.05, 3.63) is 42.2 Å². The first-order chi connectivity index (χ1) is 9.27. The molecule has 1 N–H and O–H groups in total. The molecule has 0 spiro atoms. The number of nitrogens with zero attached hydrogens (tertiary/aromatic N) is 1. The van der Waals surface area contributed by atoms with Crippen LogP contribution in [0.2, 0.25) is 0 Å². The van der Waals surface area contributed by atoms with Gasteiger partial charge in [0, 0.05) is 17.9 Å². The van der Waals surface area contributed by atoms with Crippen molar-refractivity contribution < 1.29 is 0 Å². The van der Waals surface area contributed by atoms with E-state index in [2.05, 4.69) is 42.9 Å². The lowest BCUT2D eigenvalue weighted by atomic mass is 10.00. The summed E-state index contributed by atoms with van der Waals surface area (Å²) in [5, 5.41) is 3.66. The Hall–Kier alpha value is -1.15. The highest BCUT2D eigenvalue weighted by Gasteiger charge is 2.10. The van der Waals surface area contributed by atoms with E-state index < -0.39 is 0 Å². The Balaban J connectivity index is 2.49. The third-order valence-corrected chi connectivity index (χ3v) is 3.36. The lowest BCUT2D eigenvalue weighted by Gasteiger charge is -2.19. The molecular weight excluding hydrogens is 232 g/mol. The third-order valence-electron chi connectivity index (χ3n) is 3.36. The number of hydrogen-bond donors (Lipinski definition) is 1. The summed E-state index contributed by atoms with van der Waals surface area (Å²) in [4.78, 5) is 4.28. The highest BCUT2D eigenvalue weighted by Crippen LogP contribution is 2.20. The number of nitrogens with one attached hydrogen (secondary N) is 1. The van der Waals surface area contributed by atoms with Crippen LogP contribution in [0.3, 0.4) is 0 Å². The first-order valence-electron chi connectivity index (χ1n) is 7.54. The average molecular weight is 260 g/mol. The fourth-order valence-electron chi connectivity index (χ4n) is 2.30. The van der Waals surface area contributed by atoms with Gasteiger partial charge in [-0.15, -0.1) is 6.58 Å². The quantitative estimate of drug-likeness (QED) is 0.492.